The minimum Gasteiger partial charge on any atom is -0.335 e. The minimum absolute atomic E-state index is 0.0420. The molecule has 2 rings (SSSR count). The van der Waals surface area contributed by atoms with Crippen molar-refractivity contribution in [1.82, 2.24) is 4.90 Å². The van der Waals surface area contributed by atoms with Crippen molar-refractivity contribution in [3.05, 3.63) is 65.2 Å². The molecule has 0 heterocycles. The molecule has 1 atom stereocenters. The number of nitrogens with two attached hydrogens (primary N) is 1. The van der Waals surface area contributed by atoms with Crippen LogP contribution < -0.4 is 5.14 Å². The molecule has 0 saturated heterocycles. The lowest BCUT2D eigenvalue weighted by Gasteiger charge is -2.25. The van der Waals surface area contributed by atoms with E-state index in [1.165, 1.54) is 36.2 Å². The Balaban J connectivity index is 2.25. The molecule has 1 unspecified atom stereocenters. The van der Waals surface area contributed by atoms with Crippen LogP contribution in [0.5, 0.6) is 0 Å². The number of hydrogen-bond donors (Lipinski definition) is 1. The normalized spacial score (nSPS) is 12.7. The predicted molar refractivity (Wildman–Crippen MR) is 84.7 cm³/mol. The number of carbonyl (C=O) groups excluding carboxylic acids is 1. The van der Waals surface area contributed by atoms with Gasteiger partial charge >= 0.3 is 0 Å². The van der Waals surface area contributed by atoms with Gasteiger partial charge in [-0.1, -0.05) is 12.1 Å². The van der Waals surface area contributed by atoms with E-state index in [0.717, 1.165) is 12.1 Å². The molecule has 2 aromatic carbocycles. The molecule has 0 aliphatic rings. The molecule has 0 radical (unpaired) electrons. The van der Waals surface area contributed by atoms with E-state index < -0.39 is 33.6 Å². The topological polar surface area (TPSA) is 80.5 Å². The molecule has 8 heteroatoms. The summed E-state index contributed by atoms with van der Waals surface area (Å²) in [5.74, 6) is -2.23. The third-order valence-corrected chi connectivity index (χ3v) is 4.63. The Morgan fingerprint density at radius 1 is 1.08 bits per heavy atom. The number of nitrogens with zero attached hydrogens (tertiary/aromatic N) is 1. The van der Waals surface area contributed by atoms with Crippen molar-refractivity contribution in [3.8, 4) is 0 Å². The number of carbonyl (C=O) groups is 1. The van der Waals surface area contributed by atoms with Gasteiger partial charge in [-0.05, 0) is 36.8 Å². The van der Waals surface area contributed by atoms with Crippen molar-refractivity contribution in [1.29, 1.82) is 0 Å². The van der Waals surface area contributed by atoms with Crippen molar-refractivity contribution in [2.24, 2.45) is 5.14 Å². The monoisotopic (exact) mass is 354 g/mol. The molecule has 0 saturated carbocycles. The first-order valence-corrected chi connectivity index (χ1v) is 8.50. The second kappa shape index (κ2) is 6.66. The number of amides is 1. The van der Waals surface area contributed by atoms with Gasteiger partial charge in [-0.25, -0.2) is 22.3 Å². The van der Waals surface area contributed by atoms with Crippen LogP contribution in [-0.2, 0) is 10.0 Å². The van der Waals surface area contributed by atoms with Gasteiger partial charge in [0.15, 0.2) is 0 Å². The molecular formula is C16H16F2N2O3S. The second-order valence-corrected chi connectivity index (χ2v) is 6.93. The van der Waals surface area contributed by atoms with Crippen molar-refractivity contribution < 1.29 is 22.0 Å². The molecule has 0 bridgehead atoms. The van der Waals surface area contributed by atoms with E-state index in [2.05, 4.69) is 0 Å². The van der Waals surface area contributed by atoms with Gasteiger partial charge in [0.25, 0.3) is 5.91 Å². The van der Waals surface area contributed by atoms with E-state index in [1.54, 1.807) is 6.92 Å². The highest BCUT2D eigenvalue weighted by molar-refractivity contribution is 7.89. The van der Waals surface area contributed by atoms with Gasteiger partial charge in [-0.15, -0.1) is 0 Å². The van der Waals surface area contributed by atoms with Crippen molar-refractivity contribution in [2.45, 2.75) is 17.9 Å². The highest BCUT2D eigenvalue weighted by atomic mass is 32.2. The molecular weight excluding hydrogens is 338 g/mol. The Labute approximate surface area is 138 Å². The molecule has 0 aromatic heterocycles. The van der Waals surface area contributed by atoms with Crippen LogP contribution in [0.25, 0.3) is 0 Å². The summed E-state index contributed by atoms with van der Waals surface area (Å²) in [6, 6.07) is 7.88. The van der Waals surface area contributed by atoms with Gasteiger partial charge in [-0.2, -0.15) is 0 Å². The van der Waals surface area contributed by atoms with Gasteiger partial charge in [0.2, 0.25) is 10.0 Å². The number of rotatable bonds is 4. The number of benzene rings is 2. The molecule has 0 spiro atoms. The Hall–Kier alpha value is -2.32. The maximum absolute atomic E-state index is 13.3. The zero-order valence-electron chi connectivity index (χ0n) is 13.0. The highest BCUT2D eigenvalue weighted by Gasteiger charge is 2.20. The third kappa shape index (κ3) is 3.95. The summed E-state index contributed by atoms with van der Waals surface area (Å²) in [5, 5.41) is 5.03. The van der Waals surface area contributed by atoms with Crippen LogP contribution >= 0.6 is 0 Å². The van der Waals surface area contributed by atoms with Crippen LogP contribution in [0.15, 0.2) is 47.4 Å². The van der Waals surface area contributed by atoms with Crippen LogP contribution in [0.4, 0.5) is 8.78 Å². The SMILES string of the molecule is CC(c1ccc(S(N)(=O)=O)cc1)N(C)C(=O)c1cc(F)cc(F)c1. The number of primary sulfonamides is 1. The number of hydrogen-bond acceptors (Lipinski definition) is 3. The molecule has 24 heavy (non-hydrogen) atoms. The summed E-state index contributed by atoms with van der Waals surface area (Å²) in [5.41, 5.74) is 0.540. The van der Waals surface area contributed by atoms with Gasteiger partial charge in [-0.3, -0.25) is 4.79 Å². The predicted octanol–water partition coefficient (Wildman–Crippen LogP) is 2.45. The average Bonchev–Trinajstić information content (AvgIpc) is 2.51. The smallest absolute Gasteiger partial charge is 0.254 e. The molecule has 0 aliphatic carbocycles. The van der Waals surface area contributed by atoms with Gasteiger partial charge in [0.1, 0.15) is 11.6 Å². The summed E-state index contributed by atoms with van der Waals surface area (Å²) in [7, 11) is -2.31. The fourth-order valence-corrected chi connectivity index (χ4v) is 2.73. The fourth-order valence-electron chi connectivity index (χ4n) is 2.22. The Morgan fingerprint density at radius 3 is 2.04 bits per heavy atom. The molecule has 2 N–H and O–H groups in total. The lowest BCUT2D eigenvalue weighted by Crippen LogP contribution is -2.29. The number of sulfonamides is 1. The lowest BCUT2D eigenvalue weighted by molar-refractivity contribution is 0.0741. The molecule has 5 nitrogen and oxygen atoms in total. The first kappa shape index (κ1) is 18.0. The zero-order chi connectivity index (χ0) is 18.1. The minimum atomic E-state index is -3.80. The van der Waals surface area contributed by atoms with E-state index in [4.69, 9.17) is 5.14 Å². The van der Waals surface area contributed by atoms with Gasteiger partial charge in [0.05, 0.1) is 10.9 Å². The number of halogens is 2. The maximum Gasteiger partial charge on any atom is 0.254 e. The van der Waals surface area contributed by atoms with E-state index in [0.29, 0.717) is 11.6 Å². The molecule has 2 aromatic rings. The molecule has 0 fully saturated rings. The van der Waals surface area contributed by atoms with E-state index in [1.807, 2.05) is 0 Å². The van der Waals surface area contributed by atoms with Crippen LogP contribution in [0.3, 0.4) is 0 Å². The first-order valence-electron chi connectivity index (χ1n) is 6.95. The fraction of sp³-hybridized carbons (Fsp3) is 0.188. The Kier molecular flexibility index (Phi) is 5.00. The van der Waals surface area contributed by atoms with E-state index >= 15 is 0 Å². The first-order chi connectivity index (χ1) is 11.1. The summed E-state index contributed by atoms with van der Waals surface area (Å²) in [4.78, 5) is 13.6. The average molecular weight is 354 g/mol. The standard InChI is InChI=1S/C16H16F2N2O3S/c1-10(11-3-5-15(6-4-11)24(19,22)23)20(2)16(21)12-7-13(17)9-14(18)8-12/h3-10H,1-2H3,(H2,19,22,23). The quantitative estimate of drug-likeness (QED) is 0.916. The lowest BCUT2D eigenvalue weighted by atomic mass is 10.1. The van der Waals surface area contributed by atoms with Crippen molar-refractivity contribution in [2.75, 3.05) is 7.05 Å². The molecule has 1 amide bonds. The Bertz CT molecular complexity index is 847. The second-order valence-electron chi connectivity index (χ2n) is 5.36. The van der Waals surface area contributed by atoms with E-state index in [9.17, 15) is 22.0 Å². The van der Waals surface area contributed by atoms with Crippen molar-refractivity contribution in [3.63, 3.8) is 0 Å². The summed E-state index contributed by atoms with van der Waals surface area (Å²) >= 11 is 0. The highest BCUT2D eigenvalue weighted by Crippen LogP contribution is 2.22. The van der Waals surface area contributed by atoms with Gasteiger partial charge in [0, 0.05) is 18.7 Å². The summed E-state index contributed by atoms with van der Waals surface area (Å²) in [6.45, 7) is 1.71. The van der Waals surface area contributed by atoms with Crippen LogP contribution in [0.2, 0.25) is 0 Å². The largest absolute Gasteiger partial charge is 0.335 e. The van der Waals surface area contributed by atoms with Crippen LogP contribution in [0, 0.1) is 11.6 Å². The molecule has 128 valence electrons. The zero-order valence-corrected chi connectivity index (χ0v) is 13.8. The third-order valence-electron chi connectivity index (χ3n) is 3.70. The summed E-state index contributed by atoms with van der Waals surface area (Å²) < 4.78 is 49.0. The van der Waals surface area contributed by atoms with Crippen molar-refractivity contribution >= 4 is 15.9 Å². The van der Waals surface area contributed by atoms with E-state index in [-0.39, 0.29) is 10.5 Å². The summed E-state index contributed by atoms with van der Waals surface area (Å²) in [6.07, 6.45) is 0. The molecule has 0 aliphatic heterocycles. The van der Waals surface area contributed by atoms with Crippen LogP contribution in [0.1, 0.15) is 28.9 Å². The van der Waals surface area contributed by atoms with Gasteiger partial charge < -0.3 is 4.90 Å². The van der Waals surface area contributed by atoms with Crippen LogP contribution in [-0.4, -0.2) is 26.3 Å². The maximum atomic E-state index is 13.3. The Morgan fingerprint density at radius 2 is 1.58 bits per heavy atom.